The monoisotopic (exact) mass is 273 g/mol. The van der Waals surface area contributed by atoms with Crippen LogP contribution in [0.15, 0.2) is 29.2 Å². The minimum Gasteiger partial charge on any atom is -0.508 e. The maximum absolute atomic E-state index is 9.17. The number of halogens is 1. The van der Waals surface area contributed by atoms with Gasteiger partial charge in [-0.1, -0.05) is 0 Å². The largest absolute Gasteiger partial charge is 0.508 e. The van der Waals surface area contributed by atoms with Gasteiger partial charge in [0.15, 0.2) is 0 Å². The van der Waals surface area contributed by atoms with Crippen molar-refractivity contribution in [1.29, 1.82) is 0 Å². The Labute approximate surface area is 114 Å². The molecule has 1 aromatic rings. The van der Waals surface area contributed by atoms with E-state index in [1.165, 1.54) is 36.5 Å². The summed E-state index contributed by atoms with van der Waals surface area (Å²) in [6.45, 7) is 1.26. The van der Waals surface area contributed by atoms with Crippen molar-refractivity contribution in [3.05, 3.63) is 24.3 Å². The molecule has 0 bridgehead atoms. The Morgan fingerprint density at radius 1 is 1.35 bits per heavy atom. The summed E-state index contributed by atoms with van der Waals surface area (Å²) in [6, 6.07) is 8.26. The van der Waals surface area contributed by atoms with E-state index in [1.54, 1.807) is 12.1 Å². The highest BCUT2D eigenvalue weighted by Crippen LogP contribution is 2.25. The Hall–Kier alpha value is -0.380. The van der Waals surface area contributed by atoms with Gasteiger partial charge in [0.1, 0.15) is 5.75 Å². The Bertz CT molecular complexity index is 331. The van der Waals surface area contributed by atoms with Gasteiger partial charge < -0.3 is 10.0 Å². The highest BCUT2D eigenvalue weighted by atomic mass is 35.5. The summed E-state index contributed by atoms with van der Waals surface area (Å²) in [5, 5.41) is 9.17. The number of benzene rings is 1. The average Bonchev–Trinajstić information content (AvgIpc) is 2.68. The Balaban J connectivity index is 0.00000144. The lowest BCUT2D eigenvalue weighted by Crippen LogP contribution is -2.25. The lowest BCUT2D eigenvalue weighted by molar-refractivity contribution is 0.305. The number of aromatic hydroxyl groups is 1. The molecule has 1 atom stereocenters. The summed E-state index contributed by atoms with van der Waals surface area (Å²) in [5.74, 6) is 1.51. The van der Waals surface area contributed by atoms with Gasteiger partial charge >= 0.3 is 0 Å². The first-order valence-electron chi connectivity index (χ1n) is 5.88. The lowest BCUT2D eigenvalue weighted by Gasteiger charge is -2.18. The van der Waals surface area contributed by atoms with Gasteiger partial charge in [0.25, 0.3) is 0 Å². The van der Waals surface area contributed by atoms with Gasteiger partial charge in [0.2, 0.25) is 0 Å². The summed E-state index contributed by atoms with van der Waals surface area (Å²) in [5.41, 5.74) is 0. The first kappa shape index (κ1) is 14.7. The standard InChI is InChI=1S/C13H19NOS.ClH/c1-14-9-2-3-11(14)8-10-16-13-6-4-12(15)5-7-13;/h4-7,11,15H,2-3,8-10H2,1H3;1H/t11-;/m0./s1. The van der Waals surface area contributed by atoms with Crippen molar-refractivity contribution in [2.75, 3.05) is 19.3 Å². The van der Waals surface area contributed by atoms with Crippen molar-refractivity contribution in [1.82, 2.24) is 4.90 Å². The van der Waals surface area contributed by atoms with E-state index in [-0.39, 0.29) is 12.4 Å². The number of phenolic OH excluding ortho intramolecular Hbond substituents is 1. The zero-order chi connectivity index (χ0) is 11.4. The minimum absolute atomic E-state index is 0. The second-order valence-corrected chi connectivity index (χ2v) is 5.58. The molecule has 1 heterocycles. The SMILES string of the molecule is CN1CCC[C@H]1CCSc1ccc(O)cc1.Cl. The molecule has 0 aromatic heterocycles. The highest BCUT2D eigenvalue weighted by Gasteiger charge is 2.19. The molecule has 0 amide bonds. The molecule has 0 radical (unpaired) electrons. The average molecular weight is 274 g/mol. The molecule has 1 aromatic carbocycles. The Kier molecular flexibility index (Phi) is 6.17. The quantitative estimate of drug-likeness (QED) is 0.851. The maximum atomic E-state index is 9.17. The normalized spacial score (nSPS) is 20.2. The van der Waals surface area contributed by atoms with E-state index < -0.39 is 0 Å². The van der Waals surface area contributed by atoms with Gasteiger partial charge in [0, 0.05) is 10.9 Å². The topological polar surface area (TPSA) is 23.5 Å². The second kappa shape index (κ2) is 7.14. The molecule has 1 aliphatic rings. The minimum atomic E-state index is 0. The third-order valence-electron chi connectivity index (χ3n) is 3.23. The molecular formula is C13H20ClNOS. The third kappa shape index (κ3) is 4.41. The van der Waals surface area contributed by atoms with Gasteiger partial charge in [-0.2, -0.15) is 0 Å². The molecule has 0 saturated carbocycles. The van der Waals surface area contributed by atoms with E-state index in [4.69, 9.17) is 0 Å². The van der Waals surface area contributed by atoms with E-state index >= 15 is 0 Å². The van der Waals surface area contributed by atoms with Gasteiger partial charge in [0.05, 0.1) is 0 Å². The van der Waals surface area contributed by atoms with Crippen LogP contribution in [0.5, 0.6) is 5.75 Å². The smallest absolute Gasteiger partial charge is 0.115 e. The Morgan fingerprint density at radius 3 is 2.65 bits per heavy atom. The summed E-state index contributed by atoms with van der Waals surface area (Å²) in [4.78, 5) is 3.72. The van der Waals surface area contributed by atoms with E-state index in [0.29, 0.717) is 5.75 Å². The number of likely N-dealkylation sites (tertiary alicyclic amines) is 1. The van der Waals surface area contributed by atoms with Crippen molar-refractivity contribution in [3.63, 3.8) is 0 Å². The van der Waals surface area contributed by atoms with Crippen molar-refractivity contribution in [3.8, 4) is 5.75 Å². The summed E-state index contributed by atoms with van der Waals surface area (Å²) >= 11 is 1.88. The molecule has 17 heavy (non-hydrogen) atoms. The number of nitrogens with zero attached hydrogens (tertiary/aromatic N) is 1. The molecule has 1 aliphatic heterocycles. The van der Waals surface area contributed by atoms with E-state index in [9.17, 15) is 5.11 Å². The molecule has 96 valence electrons. The van der Waals surface area contributed by atoms with Crippen LogP contribution >= 0.6 is 24.2 Å². The van der Waals surface area contributed by atoms with Crippen LogP contribution in [0.25, 0.3) is 0 Å². The van der Waals surface area contributed by atoms with Crippen LogP contribution in [0.3, 0.4) is 0 Å². The third-order valence-corrected chi connectivity index (χ3v) is 4.27. The molecule has 4 heteroatoms. The van der Waals surface area contributed by atoms with Crippen LogP contribution in [0, 0.1) is 0 Å². The van der Waals surface area contributed by atoms with Crippen LogP contribution in [0.2, 0.25) is 0 Å². The predicted octanol–water partition coefficient (Wildman–Crippen LogP) is 3.39. The molecule has 0 unspecified atom stereocenters. The number of phenols is 1. The molecule has 1 N–H and O–H groups in total. The molecular weight excluding hydrogens is 254 g/mol. The predicted molar refractivity (Wildman–Crippen MR) is 76.3 cm³/mol. The fraction of sp³-hybridized carbons (Fsp3) is 0.538. The molecule has 1 saturated heterocycles. The van der Waals surface area contributed by atoms with Crippen molar-refractivity contribution >= 4 is 24.2 Å². The highest BCUT2D eigenvalue weighted by molar-refractivity contribution is 7.99. The van der Waals surface area contributed by atoms with Crippen LogP contribution in [-0.2, 0) is 0 Å². The summed E-state index contributed by atoms with van der Waals surface area (Å²) < 4.78 is 0. The molecule has 2 nitrogen and oxygen atoms in total. The van der Waals surface area contributed by atoms with Crippen LogP contribution in [0.1, 0.15) is 19.3 Å². The molecule has 1 fully saturated rings. The first-order valence-corrected chi connectivity index (χ1v) is 6.86. The molecule has 0 aliphatic carbocycles. The van der Waals surface area contributed by atoms with Crippen molar-refractivity contribution in [2.45, 2.75) is 30.2 Å². The van der Waals surface area contributed by atoms with E-state index in [1.807, 2.05) is 23.9 Å². The number of hydrogen-bond donors (Lipinski definition) is 1. The first-order chi connectivity index (χ1) is 7.75. The van der Waals surface area contributed by atoms with Crippen LogP contribution < -0.4 is 0 Å². The van der Waals surface area contributed by atoms with Crippen molar-refractivity contribution < 1.29 is 5.11 Å². The number of hydrogen-bond acceptors (Lipinski definition) is 3. The second-order valence-electron chi connectivity index (χ2n) is 4.41. The Morgan fingerprint density at radius 2 is 2.06 bits per heavy atom. The van der Waals surface area contributed by atoms with Gasteiger partial charge in [-0.15, -0.1) is 24.2 Å². The van der Waals surface area contributed by atoms with E-state index in [0.717, 1.165) is 6.04 Å². The lowest BCUT2D eigenvalue weighted by atomic mass is 10.2. The number of thioether (sulfide) groups is 1. The zero-order valence-electron chi connectivity index (χ0n) is 10.1. The van der Waals surface area contributed by atoms with Gasteiger partial charge in [-0.05, 0) is 62.9 Å². The van der Waals surface area contributed by atoms with Crippen LogP contribution in [0.4, 0.5) is 0 Å². The van der Waals surface area contributed by atoms with Crippen molar-refractivity contribution in [2.24, 2.45) is 0 Å². The summed E-state index contributed by atoms with van der Waals surface area (Å²) in [7, 11) is 2.23. The molecule has 2 rings (SSSR count). The van der Waals surface area contributed by atoms with Crippen LogP contribution in [-0.4, -0.2) is 35.4 Å². The molecule has 0 spiro atoms. The van der Waals surface area contributed by atoms with Gasteiger partial charge in [-0.25, -0.2) is 0 Å². The van der Waals surface area contributed by atoms with E-state index in [2.05, 4.69) is 11.9 Å². The number of rotatable bonds is 4. The fourth-order valence-electron chi connectivity index (χ4n) is 2.20. The van der Waals surface area contributed by atoms with Gasteiger partial charge in [-0.3, -0.25) is 0 Å². The fourth-order valence-corrected chi connectivity index (χ4v) is 3.15. The summed E-state index contributed by atoms with van der Waals surface area (Å²) in [6.07, 6.45) is 3.97. The maximum Gasteiger partial charge on any atom is 0.115 e. The zero-order valence-corrected chi connectivity index (χ0v) is 11.8.